The molecule has 2 aliphatic heterocycles. The Morgan fingerprint density at radius 3 is 2.34 bits per heavy atom. The lowest BCUT2D eigenvalue weighted by molar-refractivity contribution is -0.125. The fraction of sp³-hybridized carbons (Fsp3) is 0.462. The minimum Gasteiger partial charge on any atom is -0.494 e. The number of fused-ring (bicyclic) bond motifs is 1. The second-order valence-corrected chi connectivity index (χ2v) is 11.0. The molecule has 1 N–H and O–H groups in total. The molecule has 8 nitrogen and oxygen atoms in total. The van der Waals surface area contributed by atoms with Crippen LogP contribution in [-0.4, -0.2) is 50.3 Å². The molecular weight excluding hydrogens is 466 g/mol. The van der Waals surface area contributed by atoms with Gasteiger partial charge < -0.3 is 10.1 Å². The fourth-order valence-corrected chi connectivity index (χ4v) is 6.36. The molecule has 0 spiro atoms. The summed E-state index contributed by atoms with van der Waals surface area (Å²) < 4.78 is 33.5. The first kappa shape index (κ1) is 25.2. The van der Waals surface area contributed by atoms with Crippen LogP contribution in [0.15, 0.2) is 47.4 Å². The minimum atomic E-state index is -3.62. The highest BCUT2D eigenvalue weighted by molar-refractivity contribution is 7.89. The molecule has 1 fully saturated rings. The third kappa shape index (κ3) is 5.51. The summed E-state index contributed by atoms with van der Waals surface area (Å²) in [4.78, 5) is 27.2. The van der Waals surface area contributed by atoms with Crippen LogP contribution in [0.1, 0.15) is 50.7 Å². The van der Waals surface area contributed by atoms with Crippen LogP contribution in [0.4, 0.5) is 5.69 Å². The summed E-state index contributed by atoms with van der Waals surface area (Å²) in [5.74, 6) is 0.234. The number of amides is 2. The van der Waals surface area contributed by atoms with Gasteiger partial charge in [0.2, 0.25) is 21.8 Å². The van der Waals surface area contributed by atoms with E-state index in [4.69, 9.17) is 4.74 Å². The van der Waals surface area contributed by atoms with Gasteiger partial charge in [-0.3, -0.25) is 14.5 Å². The lowest BCUT2D eigenvalue weighted by Gasteiger charge is -2.24. The van der Waals surface area contributed by atoms with Gasteiger partial charge in [-0.15, -0.1) is 0 Å². The van der Waals surface area contributed by atoms with Crippen molar-refractivity contribution in [1.29, 1.82) is 0 Å². The third-order valence-corrected chi connectivity index (χ3v) is 8.48. The summed E-state index contributed by atoms with van der Waals surface area (Å²) in [6, 6.07) is 11.6. The molecule has 35 heavy (non-hydrogen) atoms. The number of hydrogen-bond acceptors (Lipinski definition) is 5. The molecule has 0 aromatic heterocycles. The Morgan fingerprint density at radius 2 is 1.71 bits per heavy atom. The zero-order chi connectivity index (χ0) is 25.0. The van der Waals surface area contributed by atoms with E-state index < -0.39 is 16.1 Å². The van der Waals surface area contributed by atoms with E-state index in [1.165, 1.54) is 11.8 Å². The van der Waals surface area contributed by atoms with Crippen molar-refractivity contribution >= 4 is 27.5 Å². The first-order valence-electron chi connectivity index (χ1n) is 12.2. The standard InChI is InChI=1S/C26H33N3O5S/c1-3-34-22-10-8-20(9-11-22)18-27-26(31)25-17-21-16-23(12-13-24(21)29(25)19(2)30)35(32,33)28-14-6-4-5-7-15-28/h8-13,16,25H,3-7,14-15,17-18H2,1-2H3,(H,27,31)/t25-/m1/s1. The Labute approximate surface area is 207 Å². The average Bonchev–Trinajstić information content (AvgIpc) is 3.01. The van der Waals surface area contributed by atoms with Crippen molar-refractivity contribution in [3.8, 4) is 5.75 Å². The third-order valence-electron chi connectivity index (χ3n) is 6.58. The summed E-state index contributed by atoms with van der Waals surface area (Å²) in [7, 11) is -3.62. The number of sulfonamides is 1. The fourth-order valence-electron chi connectivity index (χ4n) is 4.80. The van der Waals surface area contributed by atoms with Crippen molar-refractivity contribution in [2.75, 3.05) is 24.6 Å². The van der Waals surface area contributed by atoms with Gasteiger partial charge in [0.1, 0.15) is 11.8 Å². The number of nitrogens with zero attached hydrogens (tertiary/aromatic N) is 2. The van der Waals surface area contributed by atoms with Crippen molar-refractivity contribution in [2.24, 2.45) is 0 Å². The number of benzene rings is 2. The van der Waals surface area contributed by atoms with E-state index in [9.17, 15) is 18.0 Å². The van der Waals surface area contributed by atoms with Gasteiger partial charge in [-0.05, 0) is 61.2 Å². The van der Waals surface area contributed by atoms with Gasteiger partial charge in [-0.2, -0.15) is 4.31 Å². The molecule has 9 heteroatoms. The molecule has 188 valence electrons. The maximum Gasteiger partial charge on any atom is 0.243 e. The summed E-state index contributed by atoms with van der Waals surface area (Å²) in [6.07, 6.45) is 4.07. The molecule has 1 saturated heterocycles. The molecule has 2 aromatic carbocycles. The highest BCUT2D eigenvalue weighted by Crippen LogP contribution is 2.35. The van der Waals surface area contributed by atoms with Crippen LogP contribution < -0.4 is 15.0 Å². The summed E-state index contributed by atoms with van der Waals surface area (Å²) in [6.45, 7) is 5.29. The van der Waals surface area contributed by atoms with Crippen molar-refractivity contribution in [2.45, 2.75) is 63.4 Å². The van der Waals surface area contributed by atoms with Crippen LogP contribution in [0, 0.1) is 0 Å². The van der Waals surface area contributed by atoms with Gasteiger partial charge in [0, 0.05) is 38.7 Å². The smallest absolute Gasteiger partial charge is 0.243 e. The highest BCUT2D eigenvalue weighted by Gasteiger charge is 2.38. The Bertz CT molecular complexity index is 1170. The van der Waals surface area contributed by atoms with Crippen LogP contribution in [0.3, 0.4) is 0 Å². The zero-order valence-electron chi connectivity index (χ0n) is 20.3. The predicted molar refractivity (Wildman–Crippen MR) is 134 cm³/mol. The summed E-state index contributed by atoms with van der Waals surface area (Å²) in [5.41, 5.74) is 2.20. The van der Waals surface area contributed by atoms with Gasteiger partial charge in [-0.1, -0.05) is 25.0 Å². The topological polar surface area (TPSA) is 96.0 Å². The Balaban J connectivity index is 1.49. The molecule has 0 aliphatic carbocycles. The van der Waals surface area contributed by atoms with Gasteiger partial charge in [0.15, 0.2) is 0 Å². The second kappa shape index (κ2) is 10.8. The van der Waals surface area contributed by atoms with E-state index in [1.807, 2.05) is 31.2 Å². The number of rotatable bonds is 7. The molecule has 2 aliphatic rings. The minimum absolute atomic E-state index is 0.220. The molecule has 4 rings (SSSR count). The van der Waals surface area contributed by atoms with Crippen LogP contribution in [0.5, 0.6) is 5.75 Å². The lowest BCUT2D eigenvalue weighted by atomic mass is 10.1. The van der Waals surface area contributed by atoms with Crippen LogP contribution in [0.25, 0.3) is 0 Å². The molecule has 0 radical (unpaired) electrons. The molecular formula is C26H33N3O5S. The van der Waals surface area contributed by atoms with E-state index in [1.54, 1.807) is 22.5 Å². The van der Waals surface area contributed by atoms with Crippen LogP contribution in [0.2, 0.25) is 0 Å². The molecule has 2 amide bonds. The molecule has 2 heterocycles. The molecule has 0 bridgehead atoms. The van der Waals surface area contributed by atoms with E-state index in [0.29, 0.717) is 37.5 Å². The summed E-state index contributed by atoms with van der Waals surface area (Å²) in [5, 5.41) is 2.92. The maximum atomic E-state index is 13.3. The number of carbonyl (C=O) groups is 2. The van der Waals surface area contributed by atoms with Crippen LogP contribution >= 0.6 is 0 Å². The monoisotopic (exact) mass is 499 g/mol. The SMILES string of the molecule is CCOc1ccc(CNC(=O)[C@H]2Cc3cc(S(=O)(=O)N4CCCCCC4)ccc3N2C(C)=O)cc1. The second-order valence-electron chi connectivity index (χ2n) is 9.01. The zero-order valence-corrected chi connectivity index (χ0v) is 21.1. The van der Waals surface area contributed by atoms with Crippen molar-refractivity contribution in [3.05, 3.63) is 53.6 Å². The molecule has 2 aromatic rings. The normalized spacial score (nSPS) is 18.6. The van der Waals surface area contributed by atoms with Gasteiger partial charge >= 0.3 is 0 Å². The van der Waals surface area contributed by atoms with E-state index >= 15 is 0 Å². The molecule has 0 unspecified atom stereocenters. The highest BCUT2D eigenvalue weighted by atomic mass is 32.2. The number of hydrogen-bond donors (Lipinski definition) is 1. The predicted octanol–water partition coefficient (Wildman–Crippen LogP) is 3.24. The van der Waals surface area contributed by atoms with E-state index in [2.05, 4.69) is 5.32 Å². The van der Waals surface area contributed by atoms with Gasteiger partial charge in [0.05, 0.1) is 11.5 Å². The molecule has 0 saturated carbocycles. The largest absolute Gasteiger partial charge is 0.494 e. The Hall–Kier alpha value is -2.91. The average molecular weight is 500 g/mol. The van der Waals surface area contributed by atoms with Crippen molar-refractivity contribution in [1.82, 2.24) is 9.62 Å². The van der Waals surface area contributed by atoms with Crippen LogP contribution in [-0.2, 0) is 32.6 Å². The number of carbonyl (C=O) groups excluding carboxylic acids is 2. The van der Waals surface area contributed by atoms with Crippen molar-refractivity contribution < 1.29 is 22.7 Å². The number of ether oxygens (including phenoxy) is 1. The number of nitrogens with one attached hydrogen (secondary N) is 1. The van der Waals surface area contributed by atoms with E-state index in [0.717, 1.165) is 37.0 Å². The first-order chi connectivity index (χ1) is 16.8. The Morgan fingerprint density at radius 1 is 1.03 bits per heavy atom. The quantitative estimate of drug-likeness (QED) is 0.631. The molecule has 1 atom stereocenters. The van der Waals surface area contributed by atoms with Gasteiger partial charge in [0.25, 0.3) is 0 Å². The Kier molecular flexibility index (Phi) is 7.76. The number of anilines is 1. The first-order valence-corrected chi connectivity index (χ1v) is 13.7. The van der Waals surface area contributed by atoms with E-state index in [-0.39, 0.29) is 23.1 Å². The van der Waals surface area contributed by atoms with Crippen molar-refractivity contribution in [3.63, 3.8) is 0 Å². The lowest BCUT2D eigenvalue weighted by Crippen LogP contribution is -2.47. The maximum absolute atomic E-state index is 13.3. The van der Waals surface area contributed by atoms with Gasteiger partial charge in [-0.25, -0.2) is 8.42 Å². The summed E-state index contributed by atoms with van der Waals surface area (Å²) >= 11 is 0.